The van der Waals surface area contributed by atoms with Gasteiger partial charge < -0.3 is 16.4 Å². The monoisotopic (exact) mass is 409 g/mol. The number of rotatable bonds is 8. The van der Waals surface area contributed by atoms with Crippen LogP contribution < -0.4 is 16.4 Å². The van der Waals surface area contributed by atoms with Crippen molar-refractivity contribution in [3.8, 4) is 0 Å². The number of amides is 1. The summed E-state index contributed by atoms with van der Waals surface area (Å²) in [5.74, 6) is 0.421. The lowest BCUT2D eigenvalue weighted by Crippen LogP contribution is -2.37. The maximum atomic E-state index is 12.0. The number of guanidine groups is 1. The summed E-state index contributed by atoms with van der Waals surface area (Å²) in [4.78, 5) is 18.9. The molecule has 1 aromatic rings. The molecule has 1 aliphatic heterocycles. The maximum absolute atomic E-state index is 12.0. The van der Waals surface area contributed by atoms with E-state index >= 15 is 0 Å². The van der Waals surface area contributed by atoms with Crippen LogP contribution in [0.3, 0.4) is 0 Å². The number of aliphatic imine (C=N–C) groups is 1. The predicted octanol–water partition coefficient (Wildman–Crippen LogP) is 1.96. The number of likely N-dealkylation sites (tertiary alicyclic amines) is 1. The predicted molar refractivity (Wildman–Crippen MR) is 106 cm³/mol. The normalized spacial score (nSPS) is 18.3. The molecular weight excluding hydrogens is 382 g/mol. The third kappa shape index (κ3) is 6.66. The Labute approximate surface area is 158 Å². The zero-order chi connectivity index (χ0) is 18.1. The molecule has 0 saturated carbocycles. The molecule has 0 radical (unpaired) electrons. The Morgan fingerprint density at radius 1 is 1.40 bits per heavy atom. The second kappa shape index (κ2) is 10.4. The Morgan fingerprint density at radius 3 is 2.96 bits per heavy atom. The lowest BCUT2D eigenvalue weighted by molar-refractivity contribution is 0.0953. The van der Waals surface area contributed by atoms with Crippen LogP contribution in [0.2, 0.25) is 0 Å². The fourth-order valence-electron chi connectivity index (χ4n) is 3.02. The van der Waals surface area contributed by atoms with E-state index < -0.39 is 0 Å². The topological polar surface area (TPSA) is 82.8 Å². The SMILES string of the molecule is CCN1CCCC1CN=C(N)NCCCNC(=O)c1cccc(Br)c1. The van der Waals surface area contributed by atoms with Gasteiger partial charge in [-0.1, -0.05) is 28.9 Å². The van der Waals surface area contributed by atoms with E-state index in [-0.39, 0.29) is 5.91 Å². The van der Waals surface area contributed by atoms with Crippen LogP contribution in [0.1, 0.15) is 36.5 Å². The molecule has 6 nitrogen and oxygen atoms in total. The molecule has 1 aliphatic rings. The van der Waals surface area contributed by atoms with Gasteiger partial charge in [0.2, 0.25) is 0 Å². The van der Waals surface area contributed by atoms with Crippen molar-refractivity contribution in [1.29, 1.82) is 0 Å². The standard InChI is InChI=1S/C18H28BrN5O/c1-2-24-11-4-8-16(24)13-23-18(20)22-10-5-9-21-17(25)14-6-3-7-15(19)12-14/h3,6-7,12,16H,2,4-5,8-11,13H2,1H3,(H,21,25)(H3,20,22,23). The number of halogens is 1. The molecule has 1 fully saturated rings. The lowest BCUT2D eigenvalue weighted by Gasteiger charge is -2.20. The molecule has 1 amide bonds. The van der Waals surface area contributed by atoms with Gasteiger partial charge in [0.1, 0.15) is 0 Å². The summed E-state index contributed by atoms with van der Waals surface area (Å²) in [6, 6.07) is 7.87. The van der Waals surface area contributed by atoms with E-state index in [4.69, 9.17) is 5.73 Å². The Morgan fingerprint density at radius 2 is 2.20 bits per heavy atom. The molecule has 0 bridgehead atoms. The highest BCUT2D eigenvalue weighted by atomic mass is 79.9. The average Bonchev–Trinajstić information content (AvgIpc) is 3.07. The first-order valence-corrected chi connectivity index (χ1v) is 9.71. The highest BCUT2D eigenvalue weighted by molar-refractivity contribution is 9.10. The van der Waals surface area contributed by atoms with Gasteiger partial charge in [-0.05, 0) is 50.6 Å². The van der Waals surface area contributed by atoms with Gasteiger partial charge in [0, 0.05) is 29.2 Å². The van der Waals surface area contributed by atoms with Crippen LogP contribution in [0, 0.1) is 0 Å². The molecule has 2 rings (SSSR count). The van der Waals surface area contributed by atoms with Crippen LogP contribution in [-0.2, 0) is 0 Å². The lowest BCUT2D eigenvalue weighted by atomic mass is 10.2. The molecule has 7 heteroatoms. The number of likely N-dealkylation sites (N-methyl/N-ethyl adjacent to an activating group) is 1. The van der Waals surface area contributed by atoms with Gasteiger partial charge in [0.15, 0.2) is 5.96 Å². The van der Waals surface area contributed by atoms with Gasteiger partial charge in [0.25, 0.3) is 5.91 Å². The van der Waals surface area contributed by atoms with Crippen molar-refractivity contribution in [1.82, 2.24) is 15.5 Å². The highest BCUT2D eigenvalue weighted by Crippen LogP contribution is 2.16. The second-order valence-electron chi connectivity index (χ2n) is 6.20. The van der Waals surface area contributed by atoms with Gasteiger partial charge >= 0.3 is 0 Å². The second-order valence-corrected chi connectivity index (χ2v) is 7.11. The number of nitrogens with one attached hydrogen (secondary N) is 2. The van der Waals surface area contributed by atoms with E-state index in [1.54, 1.807) is 12.1 Å². The summed E-state index contributed by atoms with van der Waals surface area (Å²) < 4.78 is 0.898. The Hall–Kier alpha value is -1.60. The molecule has 1 unspecified atom stereocenters. The number of nitrogens with two attached hydrogens (primary N) is 1. The molecule has 1 atom stereocenters. The first-order chi connectivity index (χ1) is 12.1. The molecule has 4 N–H and O–H groups in total. The molecule has 138 valence electrons. The van der Waals surface area contributed by atoms with E-state index in [0.717, 1.165) is 24.0 Å². The van der Waals surface area contributed by atoms with Crippen LogP contribution in [0.4, 0.5) is 0 Å². The number of carbonyl (C=O) groups is 1. The summed E-state index contributed by atoms with van der Waals surface area (Å²) in [6.45, 7) is 6.47. The van der Waals surface area contributed by atoms with Crippen molar-refractivity contribution in [3.63, 3.8) is 0 Å². The van der Waals surface area contributed by atoms with E-state index in [9.17, 15) is 4.79 Å². The summed E-state index contributed by atoms with van der Waals surface area (Å²) >= 11 is 3.37. The van der Waals surface area contributed by atoms with Crippen molar-refractivity contribution in [3.05, 3.63) is 34.3 Å². The Kier molecular flexibility index (Phi) is 8.21. The summed E-state index contributed by atoms with van der Waals surface area (Å²) in [6.07, 6.45) is 3.24. The van der Waals surface area contributed by atoms with Crippen molar-refractivity contribution in [2.45, 2.75) is 32.2 Å². The maximum Gasteiger partial charge on any atom is 0.251 e. The average molecular weight is 410 g/mol. The molecular formula is C18H28BrN5O. The molecule has 1 aromatic carbocycles. The third-order valence-corrected chi connectivity index (χ3v) is 4.90. The van der Waals surface area contributed by atoms with Crippen molar-refractivity contribution < 1.29 is 4.79 Å². The molecule has 1 saturated heterocycles. The van der Waals surface area contributed by atoms with Crippen LogP contribution in [0.25, 0.3) is 0 Å². The quantitative estimate of drug-likeness (QED) is 0.348. The Balaban J connectivity index is 1.60. The van der Waals surface area contributed by atoms with E-state index in [2.05, 4.69) is 43.4 Å². The third-order valence-electron chi connectivity index (χ3n) is 4.41. The smallest absolute Gasteiger partial charge is 0.251 e. The van der Waals surface area contributed by atoms with Gasteiger partial charge in [0.05, 0.1) is 6.54 Å². The minimum absolute atomic E-state index is 0.0659. The van der Waals surface area contributed by atoms with E-state index in [1.165, 1.54) is 19.4 Å². The molecule has 0 aliphatic carbocycles. The van der Waals surface area contributed by atoms with Gasteiger partial charge in [-0.15, -0.1) is 0 Å². The van der Waals surface area contributed by atoms with Crippen LogP contribution >= 0.6 is 15.9 Å². The number of hydrogen-bond acceptors (Lipinski definition) is 3. The number of carbonyl (C=O) groups excluding carboxylic acids is 1. The highest BCUT2D eigenvalue weighted by Gasteiger charge is 2.22. The number of hydrogen-bond donors (Lipinski definition) is 3. The van der Waals surface area contributed by atoms with Gasteiger partial charge in [-0.3, -0.25) is 14.7 Å². The summed E-state index contributed by atoms with van der Waals surface area (Å²) in [7, 11) is 0. The van der Waals surface area contributed by atoms with Crippen LogP contribution in [-0.4, -0.2) is 55.5 Å². The van der Waals surface area contributed by atoms with E-state index in [1.807, 2.05) is 12.1 Å². The zero-order valence-electron chi connectivity index (χ0n) is 14.8. The first-order valence-electron chi connectivity index (χ1n) is 8.91. The van der Waals surface area contributed by atoms with Crippen LogP contribution in [0.15, 0.2) is 33.7 Å². The minimum Gasteiger partial charge on any atom is -0.370 e. The van der Waals surface area contributed by atoms with Gasteiger partial charge in [-0.2, -0.15) is 0 Å². The first kappa shape index (κ1) is 19.7. The largest absolute Gasteiger partial charge is 0.370 e. The number of benzene rings is 1. The van der Waals surface area contributed by atoms with Crippen molar-refractivity contribution in [2.75, 3.05) is 32.7 Å². The summed E-state index contributed by atoms with van der Waals surface area (Å²) in [5.41, 5.74) is 6.57. The minimum atomic E-state index is -0.0659. The van der Waals surface area contributed by atoms with E-state index in [0.29, 0.717) is 30.7 Å². The van der Waals surface area contributed by atoms with Gasteiger partial charge in [-0.25, -0.2) is 0 Å². The van der Waals surface area contributed by atoms with Crippen LogP contribution in [0.5, 0.6) is 0 Å². The van der Waals surface area contributed by atoms with Crippen molar-refractivity contribution >= 4 is 27.8 Å². The fourth-order valence-corrected chi connectivity index (χ4v) is 3.42. The fraction of sp³-hybridized carbons (Fsp3) is 0.556. The molecule has 0 aromatic heterocycles. The Bertz CT molecular complexity index is 593. The van der Waals surface area contributed by atoms with Crippen molar-refractivity contribution in [2.24, 2.45) is 10.7 Å². The molecule has 0 spiro atoms. The molecule has 25 heavy (non-hydrogen) atoms. The summed E-state index contributed by atoms with van der Waals surface area (Å²) in [5, 5.41) is 6.02. The molecule has 1 heterocycles. The zero-order valence-corrected chi connectivity index (χ0v) is 16.4. The number of nitrogens with zero attached hydrogens (tertiary/aromatic N) is 2.